The summed E-state index contributed by atoms with van der Waals surface area (Å²) < 4.78 is 16.4. The van der Waals surface area contributed by atoms with Crippen molar-refractivity contribution in [1.82, 2.24) is 10.2 Å². The fourth-order valence-corrected chi connectivity index (χ4v) is 4.24. The Kier molecular flexibility index (Phi) is 12.3. The van der Waals surface area contributed by atoms with Gasteiger partial charge < -0.3 is 30.2 Å². The van der Waals surface area contributed by atoms with E-state index >= 15 is 0 Å². The van der Waals surface area contributed by atoms with Crippen LogP contribution in [0.25, 0.3) is 10.4 Å². The number of azide groups is 1. The summed E-state index contributed by atoms with van der Waals surface area (Å²) in [6.07, 6.45) is 0.0832. The molecule has 1 heterocycles. The van der Waals surface area contributed by atoms with Crippen LogP contribution < -0.4 is 11.1 Å². The lowest BCUT2D eigenvalue weighted by Crippen LogP contribution is -2.54. The summed E-state index contributed by atoms with van der Waals surface area (Å²) in [6.45, 7) is 16.0. The molecule has 0 spiro atoms. The molecule has 0 radical (unpaired) electrons. The second kappa shape index (κ2) is 14.0. The van der Waals surface area contributed by atoms with E-state index in [4.69, 9.17) is 25.5 Å². The van der Waals surface area contributed by atoms with Crippen LogP contribution in [0.4, 0.5) is 4.79 Å². The number of hydrogen-bond acceptors (Lipinski definition) is 9. The van der Waals surface area contributed by atoms with Gasteiger partial charge in [-0.3, -0.25) is 14.4 Å². The standard InChI is InChI=1S/C27H48N6O7/c1-24(2,3)38-20(34)10-13-27(14-11-21(35)39-25(4,5)6,15-12-22(36)40-26(7,8)9)30-23(37)33-16-18(28)19(17-33)31-32-29/h18-19H,10-17,28H2,1-9H3,(H,30,37)/t18-,19-/m1/s1. The van der Waals surface area contributed by atoms with Crippen LogP contribution in [-0.2, 0) is 28.6 Å². The molecule has 0 aromatic carbocycles. The SMILES string of the molecule is CC(C)(C)OC(=O)CCC(CCC(=O)OC(C)(C)C)(CCC(=O)OC(C)(C)C)NC(=O)N1C[C@@H](N)[C@H](N=[N+]=[N-])C1. The smallest absolute Gasteiger partial charge is 0.317 e. The van der Waals surface area contributed by atoms with E-state index in [1.807, 2.05) is 0 Å². The lowest BCUT2D eigenvalue weighted by Gasteiger charge is -2.37. The number of likely N-dealkylation sites (tertiary alicyclic amines) is 1. The molecule has 1 rings (SSSR count). The lowest BCUT2D eigenvalue weighted by atomic mass is 9.83. The van der Waals surface area contributed by atoms with Gasteiger partial charge in [-0.15, -0.1) is 0 Å². The molecule has 0 aromatic heterocycles. The van der Waals surface area contributed by atoms with E-state index in [0.29, 0.717) is 0 Å². The zero-order valence-electron chi connectivity index (χ0n) is 25.5. The molecule has 1 fully saturated rings. The number of urea groups is 1. The third-order valence-electron chi connectivity index (χ3n) is 5.88. The van der Waals surface area contributed by atoms with E-state index in [0.717, 1.165) is 0 Å². The third-order valence-corrected chi connectivity index (χ3v) is 5.88. The van der Waals surface area contributed by atoms with Crippen LogP contribution in [0.1, 0.15) is 101 Å². The predicted octanol–water partition coefficient (Wildman–Crippen LogP) is 4.12. The Morgan fingerprint density at radius 3 is 1.50 bits per heavy atom. The second-order valence-corrected chi connectivity index (χ2v) is 13.3. The topological polar surface area (TPSA) is 186 Å². The molecular weight excluding hydrogens is 520 g/mol. The van der Waals surface area contributed by atoms with Crippen molar-refractivity contribution in [3.8, 4) is 0 Å². The third kappa shape index (κ3) is 13.8. The van der Waals surface area contributed by atoms with Gasteiger partial charge in [0.05, 0.1) is 6.04 Å². The number of nitrogens with zero attached hydrogens (tertiary/aromatic N) is 4. The van der Waals surface area contributed by atoms with Gasteiger partial charge in [0, 0.05) is 48.8 Å². The van der Waals surface area contributed by atoms with Gasteiger partial charge in [-0.1, -0.05) is 5.11 Å². The largest absolute Gasteiger partial charge is 0.460 e. The minimum atomic E-state index is -1.16. The molecule has 13 nitrogen and oxygen atoms in total. The van der Waals surface area contributed by atoms with Crippen molar-refractivity contribution in [3.05, 3.63) is 10.4 Å². The number of esters is 3. The fourth-order valence-electron chi connectivity index (χ4n) is 4.24. The van der Waals surface area contributed by atoms with Crippen molar-refractivity contribution in [3.63, 3.8) is 0 Å². The monoisotopic (exact) mass is 568 g/mol. The highest BCUT2D eigenvalue weighted by Gasteiger charge is 2.39. The quantitative estimate of drug-likeness (QED) is 0.122. The molecule has 3 N–H and O–H groups in total. The Labute approximate surface area is 237 Å². The highest BCUT2D eigenvalue weighted by Crippen LogP contribution is 2.29. The molecule has 2 atom stereocenters. The molecule has 0 aliphatic carbocycles. The Hall–Kier alpha value is -3.05. The summed E-state index contributed by atoms with van der Waals surface area (Å²) in [5.41, 5.74) is 11.6. The van der Waals surface area contributed by atoms with Gasteiger partial charge in [-0.05, 0) is 87.1 Å². The molecule has 1 aliphatic rings. The molecule has 0 bridgehead atoms. The Morgan fingerprint density at radius 1 is 0.800 bits per heavy atom. The van der Waals surface area contributed by atoms with Crippen molar-refractivity contribution < 1.29 is 33.4 Å². The highest BCUT2D eigenvalue weighted by atomic mass is 16.6. The molecular formula is C27H48N6O7. The van der Waals surface area contributed by atoms with Crippen molar-refractivity contribution in [1.29, 1.82) is 0 Å². The van der Waals surface area contributed by atoms with E-state index in [9.17, 15) is 19.2 Å². The number of carbonyl (C=O) groups excluding carboxylic acids is 4. The number of ether oxygens (including phenoxy) is 3. The van der Waals surface area contributed by atoms with Crippen molar-refractivity contribution in [2.45, 2.75) is 135 Å². The predicted molar refractivity (Wildman–Crippen MR) is 149 cm³/mol. The maximum absolute atomic E-state index is 13.5. The normalized spacial score (nSPS) is 18.0. The van der Waals surface area contributed by atoms with E-state index in [2.05, 4.69) is 15.3 Å². The molecule has 13 heteroatoms. The van der Waals surface area contributed by atoms with Crippen molar-refractivity contribution in [2.24, 2.45) is 10.8 Å². The number of nitrogens with one attached hydrogen (secondary N) is 1. The molecule has 0 unspecified atom stereocenters. The number of amides is 2. The number of carbonyl (C=O) groups is 4. The maximum atomic E-state index is 13.5. The number of rotatable bonds is 11. The van der Waals surface area contributed by atoms with Crippen molar-refractivity contribution >= 4 is 23.9 Å². The first kappa shape index (κ1) is 35.0. The summed E-state index contributed by atoms with van der Waals surface area (Å²) in [4.78, 5) is 55.7. The molecule has 228 valence electrons. The number of nitrogens with two attached hydrogens (primary N) is 1. The van der Waals surface area contributed by atoms with Crippen LogP contribution in [0.5, 0.6) is 0 Å². The molecule has 1 saturated heterocycles. The zero-order chi connectivity index (χ0) is 30.9. The van der Waals surface area contributed by atoms with Crippen LogP contribution in [0.15, 0.2) is 5.11 Å². The average Bonchev–Trinajstić information content (AvgIpc) is 3.12. The first-order valence-electron chi connectivity index (χ1n) is 13.7. The van der Waals surface area contributed by atoms with Crippen LogP contribution >= 0.6 is 0 Å². The minimum Gasteiger partial charge on any atom is -0.460 e. The van der Waals surface area contributed by atoms with Crippen molar-refractivity contribution in [2.75, 3.05) is 13.1 Å². The second-order valence-electron chi connectivity index (χ2n) is 13.3. The van der Waals surface area contributed by atoms with Gasteiger partial charge in [0.2, 0.25) is 0 Å². The van der Waals surface area contributed by atoms with Crippen LogP contribution in [0.3, 0.4) is 0 Å². The first-order valence-corrected chi connectivity index (χ1v) is 13.7. The Balaban J connectivity index is 3.29. The summed E-state index contributed by atoms with van der Waals surface area (Å²) in [5, 5.41) is 6.65. The van der Waals surface area contributed by atoms with E-state index < -0.39 is 58.4 Å². The summed E-state index contributed by atoms with van der Waals surface area (Å²) in [5.74, 6) is -1.44. The molecule has 0 aromatic rings. The van der Waals surface area contributed by atoms with E-state index in [1.54, 1.807) is 62.3 Å². The molecule has 40 heavy (non-hydrogen) atoms. The van der Waals surface area contributed by atoms with E-state index in [1.165, 1.54) is 4.90 Å². The zero-order valence-corrected chi connectivity index (χ0v) is 25.5. The van der Waals surface area contributed by atoms with Gasteiger partial charge in [-0.2, -0.15) is 0 Å². The highest BCUT2D eigenvalue weighted by molar-refractivity contribution is 5.77. The van der Waals surface area contributed by atoms with Gasteiger partial charge in [0.15, 0.2) is 0 Å². The van der Waals surface area contributed by atoms with Crippen LogP contribution in [-0.4, -0.2) is 76.4 Å². The number of hydrogen-bond donors (Lipinski definition) is 2. The molecule has 1 aliphatic heterocycles. The average molecular weight is 569 g/mol. The fraction of sp³-hybridized carbons (Fsp3) is 0.852. The summed E-state index contributed by atoms with van der Waals surface area (Å²) in [6, 6.07) is -1.64. The molecule has 2 amide bonds. The maximum Gasteiger partial charge on any atom is 0.317 e. The minimum absolute atomic E-state index is 0.0684. The van der Waals surface area contributed by atoms with Gasteiger partial charge in [0.25, 0.3) is 0 Å². The Bertz CT molecular complexity index is 879. The first-order chi connectivity index (χ1) is 18.1. The van der Waals surface area contributed by atoms with Crippen LogP contribution in [0.2, 0.25) is 0 Å². The van der Waals surface area contributed by atoms with Gasteiger partial charge >= 0.3 is 23.9 Å². The summed E-state index contributed by atoms with van der Waals surface area (Å²) in [7, 11) is 0. The van der Waals surface area contributed by atoms with Gasteiger partial charge in [-0.25, -0.2) is 4.79 Å². The molecule has 0 saturated carbocycles. The summed E-state index contributed by atoms with van der Waals surface area (Å²) >= 11 is 0. The van der Waals surface area contributed by atoms with Crippen LogP contribution in [0, 0.1) is 0 Å². The Morgan fingerprint density at radius 2 is 1.18 bits per heavy atom. The van der Waals surface area contributed by atoms with E-state index in [-0.39, 0.29) is 51.6 Å². The lowest BCUT2D eigenvalue weighted by molar-refractivity contribution is -0.155. The van der Waals surface area contributed by atoms with Gasteiger partial charge in [0.1, 0.15) is 16.8 Å².